The largest absolute Gasteiger partial charge is 0.497 e. The minimum atomic E-state index is -2.06. The van der Waals surface area contributed by atoms with Crippen molar-refractivity contribution < 1.29 is 19.4 Å². The van der Waals surface area contributed by atoms with Gasteiger partial charge in [0, 0.05) is 16.7 Å². The van der Waals surface area contributed by atoms with E-state index in [2.05, 4.69) is 79.0 Å². The van der Waals surface area contributed by atoms with Gasteiger partial charge in [-0.3, -0.25) is 4.79 Å². The Labute approximate surface area is 254 Å². The number of carbonyl (C=O) groups excluding carboxylic acids is 1. The normalized spacial score (nSPS) is 20.9. The number of amides is 1. The molecule has 4 rings (SSSR count). The van der Waals surface area contributed by atoms with Gasteiger partial charge in [0.05, 0.1) is 40.4 Å². The van der Waals surface area contributed by atoms with Crippen molar-refractivity contribution in [3.05, 3.63) is 93.6 Å². The molecule has 0 spiro atoms. The summed E-state index contributed by atoms with van der Waals surface area (Å²) in [5, 5.41) is 11.1. The van der Waals surface area contributed by atoms with E-state index in [0.717, 1.165) is 24.2 Å². The molecule has 1 heterocycles. The fraction of sp³-hybridized carbons (Fsp3) is 0.424. The lowest BCUT2D eigenvalue weighted by atomic mass is 9.95. The van der Waals surface area contributed by atoms with E-state index in [1.807, 2.05) is 42.5 Å². The molecule has 1 aliphatic rings. The number of carbonyl (C=O) groups is 1. The van der Waals surface area contributed by atoms with Gasteiger partial charge in [0.2, 0.25) is 5.91 Å². The van der Waals surface area contributed by atoms with Crippen molar-refractivity contribution in [2.45, 2.75) is 63.6 Å². The first kappa shape index (κ1) is 30.7. The SMILES string of the molecule is COc1ccc([Si](C)(C)[C@@H]2[C@@H](C)[C@@H](CCc3ccc(I)cc3)O[C@H]2CC(=O)N(CCO)Cc2ccccc2)cc1. The van der Waals surface area contributed by atoms with E-state index in [0.29, 0.717) is 25.4 Å². The van der Waals surface area contributed by atoms with E-state index in [1.54, 1.807) is 12.0 Å². The highest BCUT2D eigenvalue weighted by atomic mass is 127. The second-order valence-corrected chi connectivity index (χ2v) is 17.4. The van der Waals surface area contributed by atoms with Gasteiger partial charge < -0.3 is 19.5 Å². The van der Waals surface area contributed by atoms with Gasteiger partial charge in [-0.15, -0.1) is 0 Å². The molecule has 40 heavy (non-hydrogen) atoms. The highest BCUT2D eigenvalue weighted by molar-refractivity contribution is 14.1. The summed E-state index contributed by atoms with van der Waals surface area (Å²) in [6.45, 7) is 7.89. The highest BCUT2D eigenvalue weighted by Crippen LogP contribution is 2.46. The van der Waals surface area contributed by atoms with E-state index in [-0.39, 0.29) is 30.3 Å². The van der Waals surface area contributed by atoms with Gasteiger partial charge in [0.1, 0.15) is 5.75 Å². The maximum absolute atomic E-state index is 13.7. The molecule has 3 aromatic carbocycles. The van der Waals surface area contributed by atoms with E-state index < -0.39 is 8.07 Å². The van der Waals surface area contributed by atoms with Gasteiger partial charge in [-0.05, 0) is 82.3 Å². The van der Waals surface area contributed by atoms with Crippen LogP contribution in [-0.4, -0.2) is 56.5 Å². The Bertz CT molecular complexity index is 1220. The second kappa shape index (κ2) is 14.1. The maximum atomic E-state index is 13.7. The van der Waals surface area contributed by atoms with Crippen LogP contribution in [0, 0.1) is 9.49 Å². The van der Waals surface area contributed by atoms with Crippen LogP contribution in [-0.2, 0) is 22.5 Å². The van der Waals surface area contributed by atoms with Crippen LogP contribution in [0.25, 0.3) is 0 Å². The highest BCUT2D eigenvalue weighted by Gasteiger charge is 2.51. The molecule has 0 saturated carbocycles. The van der Waals surface area contributed by atoms with E-state index in [4.69, 9.17) is 9.47 Å². The van der Waals surface area contributed by atoms with E-state index in [1.165, 1.54) is 14.3 Å². The zero-order valence-corrected chi connectivity index (χ0v) is 27.2. The summed E-state index contributed by atoms with van der Waals surface area (Å²) in [4.78, 5) is 15.5. The Morgan fingerprint density at radius 3 is 2.27 bits per heavy atom. The van der Waals surface area contributed by atoms with Gasteiger partial charge in [-0.1, -0.05) is 79.8 Å². The number of halogens is 1. The zero-order chi connectivity index (χ0) is 28.7. The minimum absolute atomic E-state index is 0.0397. The standard InChI is InChI=1S/C33H42INO4Si/c1-24-30(19-12-25-10-13-27(34)14-11-25)39-31(33(24)40(3,4)29-17-15-28(38-2)16-18-29)22-32(37)35(20-21-36)23-26-8-6-5-7-9-26/h5-11,13-18,24,30-31,33,36H,12,19-23H2,1-4H3/t24-,30+,31-,33+/m0/s1. The van der Waals surface area contributed by atoms with Crippen LogP contribution in [0.2, 0.25) is 18.6 Å². The third kappa shape index (κ3) is 7.54. The molecule has 1 saturated heterocycles. The van der Waals surface area contributed by atoms with Crippen molar-refractivity contribution in [2.75, 3.05) is 20.3 Å². The third-order valence-electron chi connectivity index (χ3n) is 8.52. The van der Waals surface area contributed by atoms with Gasteiger partial charge in [0.15, 0.2) is 0 Å². The number of rotatable bonds is 12. The first-order chi connectivity index (χ1) is 19.2. The fourth-order valence-electron chi connectivity index (χ4n) is 6.32. The van der Waals surface area contributed by atoms with Crippen LogP contribution < -0.4 is 9.92 Å². The summed E-state index contributed by atoms with van der Waals surface area (Å²) in [6.07, 6.45) is 2.14. The molecule has 214 valence electrons. The summed E-state index contributed by atoms with van der Waals surface area (Å²) in [5.74, 6) is 1.22. The molecule has 4 atom stereocenters. The first-order valence-corrected chi connectivity index (χ1v) is 18.4. The summed E-state index contributed by atoms with van der Waals surface area (Å²) in [5.41, 5.74) is 2.65. The molecule has 0 radical (unpaired) electrons. The summed E-state index contributed by atoms with van der Waals surface area (Å²) < 4.78 is 13.5. The van der Waals surface area contributed by atoms with Crippen molar-refractivity contribution >= 4 is 41.8 Å². The lowest BCUT2D eigenvalue weighted by molar-refractivity contribution is -0.135. The lowest BCUT2D eigenvalue weighted by Crippen LogP contribution is -2.51. The number of aliphatic hydroxyl groups is 1. The summed E-state index contributed by atoms with van der Waals surface area (Å²) in [7, 11) is -0.369. The van der Waals surface area contributed by atoms with Crippen LogP contribution in [0.4, 0.5) is 0 Å². The Morgan fingerprint density at radius 1 is 0.975 bits per heavy atom. The molecule has 1 fully saturated rings. The fourth-order valence-corrected chi connectivity index (χ4v) is 10.7. The first-order valence-electron chi connectivity index (χ1n) is 14.2. The predicted octanol–water partition coefficient (Wildman–Crippen LogP) is 6.03. The Balaban J connectivity index is 1.57. The molecule has 1 N–H and O–H groups in total. The molecule has 0 aromatic heterocycles. The topological polar surface area (TPSA) is 59.0 Å². The molecule has 1 amide bonds. The Kier molecular flexibility index (Phi) is 10.9. The molecular formula is C33H42INO4Si. The molecule has 0 bridgehead atoms. The second-order valence-electron chi connectivity index (χ2n) is 11.4. The quantitative estimate of drug-likeness (QED) is 0.189. The summed E-state index contributed by atoms with van der Waals surface area (Å²) in [6, 6.07) is 27.2. The van der Waals surface area contributed by atoms with Gasteiger partial charge in [-0.2, -0.15) is 0 Å². The van der Waals surface area contributed by atoms with Crippen molar-refractivity contribution in [3.8, 4) is 5.75 Å². The van der Waals surface area contributed by atoms with Gasteiger partial charge in [-0.25, -0.2) is 0 Å². The number of aryl methyl sites for hydroxylation is 1. The van der Waals surface area contributed by atoms with E-state index >= 15 is 0 Å². The number of benzene rings is 3. The van der Waals surface area contributed by atoms with Crippen LogP contribution in [0.15, 0.2) is 78.9 Å². The Morgan fingerprint density at radius 2 is 1.65 bits per heavy atom. The smallest absolute Gasteiger partial charge is 0.225 e. The monoisotopic (exact) mass is 671 g/mol. The average molecular weight is 672 g/mol. The third-order valence-corrected chi connectivity index (χ3v) is 13.6. The number of nitrogens with zero attached hydrogens (tertiary/aromatic N) is 1. The number of methoxy groups -OCH3 is 1. The molecule has 1 aliphatic heterocycles. The van der Waals surface area contributed by atoms with Gasteiger partial charge >= 0.3 is 0 Å². The average Bonchev–Trinajstić information content (AvgIpc) is 3.28. The molecule has 3 aromatic rings. The zero-order valence-electron chi connectivity index (χ0n) is 24.1. The maximum Gasteiger partial charge on any atom is 0.225 e. The van der Waals surface area contributed by atoms with Crippen molar-refractivity contribution in [1.82, 2.24) is 4.90 Å². The molecule has 7 heteroatoms. The number of ether oxygens (including phenoxy) is 2. The van der Waals surface area contributed by atoms with Crippen LogP contribution >= 0.6 is 22.6 Å². The van der Waals surface area contributed by atoms with Crippen LogP contribution in [0.3, 0.4) is 0 Å². The number of hydrogen-bond donors (Lipinski definition) is 1. The number of aliphatic hydroxyl groups excluding tert-OH is 1. The van der Waals surface area contributed by atoms with Gasteiger partial charge in [0.25, 0.3) is 0 Å². The van der Waals surface area contributed by atoms with Crippen LogP contribution in [0.1, 0.15) is 30.9 Å². The molecule has 0 unspecified atom stereocenters. The molecule has 5 nitrogen and oxygen atoms in total. The molecule has 0 aliphatic carbocycles. The van der Waals surface area contributed by atoms with Crippen LogP contribution in [0.5, 0.6) is 5.75 Å². The van der Waals surface area contributed by atoms with Crippen molar-refractivity contribution in [3.63, 3.8) is 0 Å². The predicted molar refractivity (Wildman–Crippen MR) is 173 cm³/mol. The lowest BCUT2D eigenvalue weighted by Gasteiger charge is -2.36. The molecular weight excluding hydrogens is 629 g/mol. The minimum Gasteiger partial charge on any atom is -0.497 e. The summed E-state index contributed by atoms with van der Waals surface area (Å²) >= 11 is 2.34. The van der Waals surface area contributed by atoms with E-state index in [9.17, 15) is 9.90 Å². The van der Waals surface area contributed by atoms with Crippen molar-refractivity contribution in [1.29, 1.82) is 0 Å². The van der Waals surface area contributed by atoms with Crippen molar-refractivity contribution in [2.24, 2.45) is 5.92 Å². The number of hydrogen-bond acceptors (Lipinski definition) is 4. The Hall–Kier alpha value is -2.20.